The molecule has 1 aromatic rings. The molecular formula is C25H38N2O4. The zero-order valence-electron chi connectivity index (χ0n) is 19.3. The Hall–Kier alpha value is -2.24. The Morgan fingerprint density at radius 2 is 1.77 bits per heavy atom. The minimum absolute atomic E-state index is 0.0292. The Labute approximate surface area is 186 Å². The van der Waals surface area contributed by atoms with Crippen LogP contribution in [0.5, 0.6) is 5.75 Å². The van der Waals surface area contributed by atoms with E-state index in [0.29, 0.717) is 37.9 Å². The van der Waals surface area contributed by atoms with Gasteiger partial charge >= 0.3 is 6.09 Å². The number of phenolic OH excluding ortho intramolecular Hbond substituents is 1. The van der Waals surface area contributed by atoms with E-state index in [4.69, 9.17) is 4.74 Å². The molecule has 3 rings (SSSR count). The van der Waals surface area contributed by atoms with E-state index in [2.05, 4.69) is 19.2 Å². The molecule has 0 spiro atoms. The predicted molar refractivity (Wildman–Crippen MR) is 121 cm³/mol. The summed E-state index contributed by atoms with van der Waals surface area (Å²) in [6.07, 6.45) is 7.74. The SMILES string of the molecule is CCC1(CC)CCC(OC(=O)N2CCC(C(=O)NCc3ccc(O)c(C)c3)CC2)CC1. The van der Waals surface area contributed by atoms with E-state index in [0.717, 1.165) is 36.8 Å². The highest BCUT2D eigenvalue weighted by molar-refractivity contribution is 5.79. The molecule has 172 valence electrons. The summed E-state index contributed by atoms with van der Waals surface area (Å²) in [5.74, 6) is 0.214. The first kappa shape index (κ1) is 23.4. The standard InChI is InChI=1S/C25H38N2O4/c1-4-25(5-2)12-8-21(9-13-25)31-24(30)27-14-10-20(11-15-27)23(29)26-17-19-6-7-22(28)18(3)16-19/h6-7,16,20-21,28H,4-5,8-15,17H2,1-3H3,(H,26,29). The Bertz CT molecular complexity index is 757. The van der Waals surface area contributed by atoms with Crippen molar-refractivity contribution in [1.29, 1.82) is 0 Å². The zero-order chi connectivity index (χ0) is 22.4. The average Bonchev–Trinajstić information content (AvgIpc) is 2.80. The van der Waals surface area contributed by atoms with Crippen LogP contribution in [0.3, 0.4) is 0 Å². The Morgan fingerprint density at radius 3 is 2.35 bits per heavy atom. The minimum atomic E-state index is -0.219. The van der Waals surface area contributed by atoms with Crippen LogP contribution in [0.2, 0.25) is 0 Å². The number of phenols is 1. The van der Waals surface area contributed by atoms with Crippen LogP contribution in [0.1, 0.15) is 76.3 Å². The fraction of sp³-hybridized carbons (Fsp3) is 0.680. The van der Waals surface area contributed by atoms with Gasteiger partial charge in [-0.2, -0.15) is 0 Å². The van der Waals surface area contributed by atoms with Gasteiger partial charge in [0.15, 0.2) is 0 Å². The molecule has 31 heavy (non-hydrogen) atoms. The Morgan fingerprint density at radius 1 is 1.13 bits per heavy atom. The molecule has 0 unspecified atom stereocenters. The number of carbonyl (C=O) groups excluding carboxylic acids is 2. The molecule has 0 aromatic heterocycles. The second kappa shape index (κ2) is 10.4. The number of aryl methyl sites for hydroxylation is 1. The van der Waals surface area contributed by atoms with Gasteiger partial charge in [0.25, 0.3) is 0 Å². The van der Waals surface area contributed by atoms with Crippen molar-refractivity contribution in [3.8, 4) is 5.75 Å². The van der Waals surface area contributed by atoms with Crippen molar-refractivity contribution in [3.63, 3.8) is 0 Å². The van der Waals surface area contributed by atoms with Gasteiger partial charge in [-0.05, 0) is 68.1 Å². The van der Waals surface area contributed by atoms with Crippen LogP contribution in [-0.2, 0) is 16.1 Å². The summed E-state index contributed by atoms with van der Waals surface area (Å²) in [6, 6.07) is 5.35. The maximum Gasteiger partial charge on any atom is 0.410 e. The molecule has 1 aliphatic carbocycles. The van der Waals surface area contributed by atoms with E-state index < -0.39 is 0 Å². The molecule has 1 saturated carbocycles. The molecular weight excluding hydrogens is 392 g/mol. The van der Waals surface area contributed by atoms with E-state index >= 15 is 0 Å². The number of hydrogen-bond acceptors (Lipinski definition) is 4. The van der Waals surface area contributed by atoms with E-state index in [1.165, 1.54) is 12.8 Å². The van der Waals surface area contributed by atoms with Gasteiger partial charge in [-0.15, -0.1) is 0 Å². The average molecular weight is 431 g/mol. The fourth-order valence-electron chi connectivity index (χ4n) is 4.98. The van der Waals surface area contributed by atoms with Crippen LogP contribution in [0.4, 0.5) is 4.79 Å². The van der Waals surface area contributed by atoms with Crippen LogP contribution in [0.25, 0.3) is 0 Å². The number of ether oxygens (including phenoxy) is 1. The van der Waals surface area contributed by atoms with Gasteiger partial charge in [-0.25, -0.2) is 4.79 Å². The highest BCUT2D eigenvalue weighted by Gasteiger charge is 2.35. The number of benzene rings is 1. The van der Waals surface area contributed by atoms with E-state index in [9.17, 15) is 14.7 Å². The molecule has 6 nitrogen and oxygen atoms in total. The monoisotopic (exact) mass is 430 g/mol. The first-order valence-electron chi connectivity index (χ1n) is 11.9. The number of carbonyl (C=O) groups is 2. The third-order valence-corrected chi connectivity index (χ3v) is 7.61. The summed E-state index contributed by atoms with van der Waals surface area (Å²) in [5.41, 5.74) is 2.20. The van der Waals surface area contributed by atoms with E-state index in [1.807, 2.05) is 19.1 Å². The van der Waals surface area contributed by atoms with Gasteiger partial charge in [-0.1, -0.05) is 38.8 Å². The van der Waals surface area contributed by atoms with Crippen molar-refractivity contribution in [2.24, 2.45) is 11.3 Å². The summed E-state index contributed by atoms with van der Waals surface area (Å²) in [7, 11) is 0. The lowest BCUT2D eigenvalue weighted by atomic mass is 9.70. The fourth-order valence-corrected chi connectivity index (χ4v) is 4.98. The largest absolute Gasteiger partial charge is 0.508 e. The number of amides is 2. The topological polar surface area (TPSA) is 78.9 Å². The number of nitrogens with zero attached hydrogens (tertiary/aromatic N) is 1. The van der Waals surface area contributed by atoms with Crippen molar-refractivity contribution < 1.29 is 19.4 Å². The molecule has 0 atom stereocenters. The number of nitrogens with one attached hydrogen (secondary N) is 1. The van der Waals surface area contributed by atoms with Crippen molar-refractivity contribution >= 4 is 12.0 Å². The maximum atomic E-state index is 12.6. The Kier molecular flexibility index (Phi) is 7.84. The lowest BCUT2D eigenvalue weighted by Crippen LogP contribution is -2.44. The molecule has 1 aliphatic heterocycles. The second-order valence-corrected chi connectivity index (χ2v) is 9.39. The van der Waals surface area contributed by atoms with Gasteiger partial charge in [0, 0.05) is 25.6 Å². The summed E-state index contributed by atoms with van der Waals surface area (Å²) in [6.45, 7) is 7.95. The highest BCUT2D eigenvalue weighted by atomic mass is 16.6. The van der Waals surface area contributed by atoms with Crippen LogP contribution >= 0.6 is 0 Å². The molecule has 2 fully saturated rings. The predicted octanol–water partition coefficient (Wildman–Crippen LogP) is 4.91. The van der Waals surface area contributed by atoms with Gasteiger partial charge in [0.05, 0.1) is 0 Å². The van der Waals surface area contributed by atoms with E-state index in [1.54, 1.807) is 11.0 Å². The molecule has 0 bridgehead atoms. The lowest BCUT2D eigenvalue weighted by molar-refractivity contribution is -0.126. The lowest BCUT2D eigenvalue weighted by Gasteiger charge is -2.39. The van der Waals surface area contributed by atoms with E-state index in [-0.39, 0.29) is 29.8 Å². The number of hydrogen-bond donors (Lipinski definition) is 2. The number of aromatic hydroxyl groups is 1. The number of rotatable bonds is 6. The molecule has 2 amide bonds. The molecule has 1 heterocycles. The minimum Gasteiger partial charge on any atom is -0.508 e. The molecule has 1 aromatic carbocycles. The van der Waals surface area contributed by atoms with Gasteiger partial charge < -0.3 is 20.1 Å². The van der Waals surface area contributed by atoms with Crippen molar-refractivity contribution in [2.45, 2.75) is 84.8 Å². The van der Waals surface area contributed by atoms with Crippen LogP contribution in [0, 0.1) is 18.3 Å². The quantitative estimate of drug-likeness (QED) is 0.672. The number of piperidine rings is 1. The van der Waals surface area contributed by atoms with Gasteiger partial charge in [0.1, 0.15) is 11.9 Å². The first-order valence-corrected chi connectivity index (χ1v) is 11.9. The molecule has 6 heteroatoms. The first-order chi connectivity index (χ1) is 14.9. The molecule has 1 saturated heterocycles. The highest BCUT2D eigenvalue weighted by Crippen LogP contribution is 2.42. The second-order valence-electron chi connectivity index (χ2n) is 9.39. The van der Waals surface area contributed by atoms with Crippen LogP contribution in [-0.4, -0.2) is 41.2 Å². The van der Waals surface area contributed by atoms with Crippen LogP contribution < -0.4 is 5.32 Å². The summed E-state index contributed by atoms with van der Waals surface area (Å²) < 4.78 is 5.80. The van der Waals surface area contributed by atoms with Crippen molar-refractivity contribution in [2.75, 3.05) is 13.1 Å². The zero-order valence-corrected chi connectivity index (χ0v) is 19.3. The summed E-state index contributed by atoms with van der Waals surface area (Å²) in [5, 5.41) is 12.6. The van der Waals surface area contributed by atoms with Crippen LogP contribution in [0.15, 0.2) is 18.2 Å². The molecule has 2 N–H and O–H groups in total. The summed E-state index contributed by atoms with van der Waals surface area (Å²) >= 11 is 0. The van der Waals surface area contributed by atoms with Gasteiger partial charge in [-0.3, -0.25) is 4.79 Å². The van der Waals surface area contributed by atoms with Crippen molar-refractivity contribution in [1.82, 2.24) is 10.2 Å². The Balaban J connectivity index is 1.39. The molecule has 0 radical (unpaired) electrons. The smallest absolute Gasteiger partial charge is 0.410 e. The maximum absolute atomic E-state index is 12.6. The number of likely N-dealkylation sites (tertiary alicyclic amines) is 1. The third kappa shape index (κ3) is 5.92. The summed E-state index contributed by atoms with van der Waals surface area (Å²) in [4.78, 5) is 26.9. The van der Waals surface area contributed by atoms with Crippen molar-refractivity contribution in [3.05, 3.63) is 29.3 Å². The normalized spacial score (nSPS) is 19.8. The molecule has 2 aliphatic rings. The third-order valence-electron chi connectivity index (χ3n) is 7.61. The van der Waals surface area contributed by atoms with Gasteiger partial charge in [0.2, 0.25) is 5.91 Å².